The Kier molecular flexibility index (Phi) is 5.49. The summed E-state index contributed by atoms with van der Waals surface area (Å²) in [4.78, 5) is 16.8. The van der Waals surface area contributed by atoms with Gasteiger partial charge in [0.2, 0.25) is 0 Å². The second kappa shape index (κ2) is 8.01. The van der Waals surface area contributed by atoms with E-state index in [1.54, 1.807) is 26.0 Å². The molecule has 0 aliphatic heterocycles. The van der Waals surface area contributed by atoms with Gasteiger partial charge in [0.05, 0.1) is 33.8 Å². The quantitative estimate of drug-likeness (QED) is 0.336. The van der Waals surface area contributed by atoms with Crippen LogP contribution in [0.2, 0.25) is 0 Å². The number of carbonyl (C=O) groups excluding carboxylic acids is 1. The molecule has 0 aliphatic carbocycles. The maximum atomic E-state index is 13.4. The monoisotopic (exact) mass is 506 g/mol. The van der Waals surface area contributed by atoms with Crippen LogP contribution >= 0.6 is 15.9 Å². The van der Waals surface area contributed by atoms with Crippen LogP contribution in [0.5, 0.6) is 0 Å². The van der Waals surface area contributed by atoms with Crippen LogP contribution in [0, 0.1) is 19.7 Å². The third kappa shape index (κ3) is 4.10. The van der Waals surface area contributed by atoms with Gasteiger partial charge in [0.15, 0.2) is 0 Å². The van der Waals surface area contributed by atoms with Crippen molar-refractivity contribution in [2.24, 2.45) is 0 Å². The fraction of sp³-hybridized carbons (Fsp3) is 0.136. The van der Waals surface area contributed by atoms with Crippen molar-refractivity contribution in [2.45, 2.75) is 20.0 Å². The molecule has 0 saturated heterocycles. The molecular weight excluding hydrogens is 492 g/mol. The summed E-state index contributed by atoms with van der Waals surface area (Å²) >= 11 is 3.28. The van der Waals surface area contributed by atoms with Crippen LogP contribution in [0.25, 0.3) is 16.6 Å². The molecule has 0 fully saturated rings. The molecule has 0 unspecified atom stereocenters. The van der Waals surface area contributed by atoms with Gasteiger partial charge in [-0.2, -0.15) is 18.3 Å². The van der Waals surface area contributed by atoms with E-state index in [2.05, 4.69) is 31.3 Å². The first-order chi connectivity index (χ1) is 15.0. The highest BCUT2D eigenvalue weighted by molar-refractivity contribution is 9.10. The third-order valence-electron chi connectivity index (χ3n) is 4.91. The molecule has 164 valence electrons. The summed E-state index contributed by atoms with van der Waals surface area (Å²) in [5.41, 5.74) is 0.639. The van der Waals surface area contributed by atoms with Gasteiger partial charge in [0, 0.05) is 9.86 Å². The summed E-state index contributed by atoms with van der Waals surface area (Å²) in [5, 5.41) is 7.32. The van der Waals surface area contributed by atoms with Crippen molar-refractivity contribution < 1.29 is 22.4 Å². The molecule has 0 bridgehead atoms. The van der Waals surface area contributed by atoms with Crippen molar-refractivity contribution in [3.63, 3.8) is 0 Å². The second-order valence-electron chi connectivity index (χ2n) is 7.10. The number of nitrogens with one attached hydrogen (secondary N) is 1. The van der Waals surface area contributed by atoms with Gasteiger partial charge in [0.25, 0.3) is 5.91 Å². The number of halogens is 5. The molecule has 1 N–H and O–H groups in total. The van der Waals surface area contributed by atoms with Crippen molar-refractivity contribution in [1.82, 2.24) is 14.8 Å². The molecule has 5 nitrogen and oxygen atoms in total. The van der Waals surface area contributed by atoms with E-state index in [1.807, 2.05) is 0 Å². The second-order valence-corrected chi connectivity index (χ2v) is 8.02. The lowest BCUT2D eigenvalue weighted by molar-refractivity contribution is -0.140. The van der Waals surface area contributed by atoms with Gasteiger partial charge in [0.1, 0.15) is 11.5 Å². The molecule has 4 rings (SSSR count). The molecule has 2 aromatic heterocycles. The van der Waals surface area contributed by atoms with Gasteiger partial charge in [-0.1, -0.05) is 15.9 Å². The summed E-state index contributed by atoms with van der Waals surface area (Å²) in [6, 6.07) is 10.9. The molecule has 1 amide bonds. The molecule has 32 heavy (non-hydrogen) atoms. The number of hydrogen-bond donors (Lipinski definition) is 1. The van der Waals surface area contributed by atoms with Crippen molar-refractivity contribution >= 4 is 38.4 Å². The van der Waals surface area contributed by atoms with Gasteiger partial charge in [-0.05, 0) is 62.4 Å². The Bertz CT molecular complexity index is 1350. The van der Waals surface area contributed by atoms with Gasteiger partial charge >= 0.3 is 6.18 Å². The number of fused-ring (bicyclic) bond motifs is 1. The van der Waals surface area contributed by atoms with Crippen molar-refractivity contribution in [3.8, 4) is 5.69 Å². The molecule has 2 heterocycles. The summed E-state index contributed by atoms with van der Waals surface area (Å²) < 4.78 is 55.5. The largest absolute Gasteiger partial charge is 0.433 e. The zero-order valence-corrected chi connectivity index (χ0v) is 18.3. The first-order valence-electron chi connectivity index (χ1n) is 9.35. The maximum Gasteiger partial charge on any atom is 0.433 e. The zero-order valence-electron chi connectivity index (χ0n) is 16.8. The van der Waals surface area contributed by atoms with E-state index in [-0.39, 0.29) is 16.5 Å². The highest BCUT2D eigenvalue weighted by Gasteiger charge is 2.34. The number of rotatable bonds is 3. The molecule has 0 saturated carbocycles. The minimum atomic E-state index is -4.71. The number of benzene rings is 2. The molecule has 0 aliphatic rings. The first kappa shape index (κ1) is 21.9. The average molecular weight is 507 g/mol. The number of aromatic nitrogens is 3. The molecule has 0 radical (unpaired) electrons. The lowest BCUT2D eigenvalue weighted by atomic mass is 10.1. The molecule has 10 heteroatoms. The summed E-state index contributed by atoms with van der Waals surface area (Å²) in [6.07, 6.45) is -4.71. The number of pyridine rings is 1. The highest BCUT2D eigenvalue weighted by atomic mass is 79.9. The topological polar surface area (TPSA) is 59.8 Å². The standard InChI is InChI=1S/C22H15BrF4N4O/c1-11-20(12(2)31(30-11)15-6-4-14(24)5-7-15)29-21(32)17-10-19(22(25,26)27)28-18-8-3-13(23)9-16(17)18/h3-10H,1-2H3,(H,29,32). The zero-order chi connectivity index (χ0) is 23.2. The van der Waals surface area contributed by atoms with Crippen molar-refractivity contribution in [2.75, 3.05) is 5.32 Å². The summed E-state index contributed by atoms with van der Waals surface area (Å²) in [7, 11) is 0. The smallest absolute Gasteiger partial charge is 0.319 e. The molecule has 2 aromatic carbocycles. The Labute approximate surface area is 188 Å². The minimum absolute atomic E-state index is 0.0450. The Balaban J connectivity index is 1.78. The van der Waals surface area contributed by atoms with E-state index in [0.29, 0.717) is 27.2 Å². The number of amides is 1. The molecular formula is C22H15BrF4N4O. The van der Waals surface area contributed by atoms with Crippen LogP contribution < -0.4 is 5.32 Å². The van der Waals surface area contributed by atoms with E-state index >= 15 is 0 Å². The number of carbonyl (C=O) groups is 1. The van der Waals surface area contributed by atoms with Gasteiger partial charge in [-0.3, -0.25) is 4.79 Å². The van der Waals surface area contributed by atoms with Crippen LogP contribution in [-0.4, -0.2) is 20.7 Å². The minimum Gasteiger partial charge on any atom is -0.319 e. The van der Waals surface area contributed by atoms with E-state index in [4.69, 9.17) is 0 Å². The Hall–Kier alpha value is -3.27. The van der Waals surface area contributed by atoms with E-state index in [1.165, 1.54) is 35.0 Å². The number of hydrogen-bond acceptors (Lipinski definition) is 3. The van der Waals surface area contributed by atoms with Crippen LogP contribution in [0.15, 0.2) is 53.0 Å². The summed E-state index contributed by atoms with van der Waals surface area (Å²) in [6.45, 7) is 3.35. The Morgan fingerprint density at radius 3 is 2.41 bits per heavy atom. The Morgan fingerprint density at radius 1 is 1.06 bits per heavy atom. The summed E-state index contributed by atoms with van der Waals surface area (Å²) in [5.74, 6) is -1.13. The van der Waals surface area contributed by atoms with Crippen LogP contribution in [0.4, 0.5) is 23.2 Å². The van der Waals surface area contributed by atoms with E-state index in [0.717, 1.165) is 6.07 Å². The van der Waals surface area contributed by atoms with Gasteiger partial charge < -0.3 is 5.32 Å². The fourth-order valence-electron chi connectivity index (χ4n) is 3.37. The molecule has 0 atom stereocenters. The predicted molar refractivity (Wildman–Crippen MR) is 115 cm³/mol. The highest BCUT2D eigenvalue weighted by Crippen LogP contribution is 2.33. The van der Waals surface area contributed by atoms with E-state index in [9.17, 15) is 22.4 Å². The fourth-order valence-corrected chi connectivity index (χ4v) is 3.73. The van der Waals surface area contributed by atoms with Crippen molar-refractivity contribution in [1.29, 1.82) is 0 Å². The lowest BCUT2D eigenvalue weighted by Crippen LogP contribution is -2.17. The number of aryl methyl sites for hydroxylation is 1. The normalized spacial score (nSPS) is 11.7. The van der Waals surface area contributed by atoms with Gasteiger partial charge in [-0.15, -0.1) is 0 Å². The van der Waals surface area contributed by atoms with Gasteiger partial charge in [-0.25, -0.2) is 14.1 Å². The Morgan fingerprint density at radius 2 is 1.75 bits per heavy atom. The number of nitrogens with zero attached hydrogens (tertiary/aromatic N) is 3. The molecule has 0 spiro atoms. The third-order valence-corrected chi connectivity index (χ3v) is 5.40. The SMILES string of the molecule is Cc1nn(-c2ccc(F)cc2)c(C)c1NC(=O)c1cc(C(F)(F)F)nc2ccc(Br)cc12. The van der Waals surface area contributed by atoms with E-state index < -0.39 is 23.6 Å². The molecule has 4 aromatic rings. The predicted octanol–water partition coefficient (Wildman–Crippen LogP) is 6.21. The van der Waals surface area contributed by atoms with Crippen LogP contribution in [-0.2, 0) is 6.18 Å². The van der Waals surface area contributed by atoms with Crippen molar-refractivity contribution in [3.05, 3.63) is 81.5 Å². The number of anilines is 1. The lowest BCUT2D eigenvalue weighted by Gasteiger charge is -2.13. The number of alkyl halides is 3. The first-order valence-corrected chi connectivity index (χ1v) is 10.1. The maximum absolute atomic E-state index is 13.4. The van der Waals surface area contributed by atoms with Crippen LogP contribution in [0.3, 0.4) is 0 Å². The average Bonchev–Trinajstić information content (AvgIpc) is 3.01. The van der Waals surface area contributed by atoms with Crippen LogP contribution in [0.1, 0.15) is 27.4 Å².